The molecule has 1 heterocycles. The molecule has 0 aliphatic rings. The van der Waals surface area contributed by atoms with E-state index in [1.54, 1.807) is 7.11 Å². The van der Waals surface area contributed by atoms with Crippen molar-refractivity contribution in [3.05, 3.63) is 24.0 Å². The molecule has 0 saturated carbocycles. The Morgan fingerprint density at radius 2 is 2.33 bits per heavy atom. The van der Waals surface area contributed by atoms with Crippen molar-refractivity contribution >= 4 is 5.91 Å². The van der Waals surface area contributed by atoms with E-state index in [9.17, 15) is 4.79 Å². The van der Waals surface area contributed by atoms with E-state index in [-0.39, 0.29) is 11.9 Å². The van der Waals surface area contributed by atoms with E-state index < -0.39 is 0 Å². The molecule has 18 heavy (non-hydrogen) atoms. The van der Waals surface area contributed by atoms with Crippen LogP contribution in [0.25, 0.3) is 0 Å². The molecule has 1 rings (SSSR count). The van der Waals surface area contributed by atoms with Crippen LogP contribution in [0.4, 0.5) is 0 Å². The minimum Gasteiger partial charge on any atom is -0.383 e. The fraction of sp³-hybridized carbons (Fsp3) is 0.615. The summed E-state index contributed by atoms with van der Waals surface area (Å²) >= 11 is 0. The average molecular weight is 253 g/mol. The maximum absolute atomic E-state index is 11.8. The van der Waals surface area contributed by atoms with Gasteiger partial charge in [-0.3, -0.25) is 4.79 Å². The second kappa shape index (κ2) is 7.89. The SMILES string of the molecule is CCNCc1cccn1CC(=O)NC(C)COC. The molecule has 2 N–H and O–H groups in total. The first-order valence-corrected chi connectivity index (χ1v) is 6.30. The summed E-state index contributed by atoms with van der Waals surface area (Å²) in [6.45, 7) is 6.57. The molecule has 0 radical (unpaired) electrons. The molecule has 5 nitrogen and oxygen atoms in total. The standard InChI is InChI=1S/C13H23N3O2/c1-4-14-8-12-6-5-7-16(12)9-13(17)15-11(2)10-18-3/h5-7,11,14H,4,8-10H2,1-3H3,(H,15,17). The average Bonchev–Trinajstić information content (AvgIpc) is 2.73. The molecule has 1 atom stereocenters. The van der Waals surface area contributed by atoms with Crippen molar-refractivity contribution in [1.29, 1.82) is 0 Å². The Morgan fingerprint density at radius 1 is 1.56 bits per heavy atom. The summed E-state index contributed by atoms with van der Waals surface area (Å²) in [5, 5.41) is 6.15. The van der Waals surface area contributed by atoms with Crippen molar-refractivity contribution in [2.45, 2.75) is 33.0 Å². The number of ether oxygens (including phenoxy) is 1. The number of hydrogen-bond acceptors (Lipinski definition) is 3. The molecule has 5 heteroatoms. The first-order valence-electron chi connectivity index (χ1n) is 6.30. The van der Waals surface area contributed by atoms with Gasteiger partial charge in [-0.15, -0.1) is 0 Å². The number of nitrogens with one attached hydrogen (secondary N) is 2. The summed E-state index contributed by atoms with van der Waals surface area (Å²) in [6.07, 6.45) is 1.92. The number of hydrogen-bond donors (Lipinski definition) is 2. The largest absolute Gasteiger partial charge is 0.383 e. The van der Waals surface area contributed by atoms with Crippen LogP contribution in [0.5, 0.6) is 0 Å². The summed E-state index contributed by atoms with van der Waals surface area (Å²) in [6, 6.07) is 4.02. The van der Waals surface area contributed by atoms with Crippen molar-refractivity contribution in [2.24, 2.45) is 0 Å². The lowest BCUT2D eigenvalue weighted by Crippen LogP contribution is -2.37. The molecule has 0 aliphatic carbocycles. The van der Waals surface area contributed by atoms with Crippen LogP contribution in [0.1, 0.15) is 19.5 Å². The fourth-order valence-corrected chi connectivity index (χ4v) is 1.78. The Labute approximate surface area is 109 Å². The van der Waals surface area contributed by atoms with Gasteiger partial charge in [-0.1, -0.05) is 6.92 Å². The van der Waals surface area contributed by atoms with Gasteiger partial charge in [0.05, 0.1) is 6.61 Å². The molecule has 0 aliphatic heterocycles. The Hall–Kier alpha value is -1.33. The van der Waals surface area contributed by atoms with Gasteiger partial charge in [-0.05, 0) is 25.6 Å². The fourth-order valence-electron chi connectivity index (χ4n) is 1.78. The van der Waals surface area contributed by atoms with Gasteiger partial charge in [0, 0.05) is 31.6 Å². The number of carbonyl (C=O) groups is 1. The number of rotatable bonds is 8. The van der Waals surface area contributed by atoms with E-state index in [0.717, 1.165) is 18.8 Å². The van der Waals surface area contributed by atoms with Gasteiger partial charge < -0.3 is 19.9 Å². The van der Waals surface area contributed by atoms with Gasteiger partial charge in [-0.25, -0.2) is 0 Å². The third kappa shape index (κ3) is 4.89. The van der Waals surface area contributed by atoms with Crippen molar-refractivity contribution in [3.63, 3.8) is 0 Å². The van der Waals surface area contributed by atoms with E-state index in [4.69, 9.17) is 4.74 Å². The van der Waals surface area contributed by atoms with E-state index in [0.29, 0.717) is 13.2 Å². The molecule has 1 unspecified atom stereocenters. The maximum Gasteiger partial charge on any atom is 0.240 e. The van der Waals surface area contributed by atoms with Crippen LogP contribution in [0.3, 0.4) is 0 Å². The number of nitrogens with zero attached hydrogens (tertiary/aromatic N) is 1. The molecule has 102 valence electrons. The number of amides is 1. The van der Waals surface area contributed by atoms with Crippen molar-refractivity contribution in [2.75, 3.05) is 20.3 Å². The van der Waals surface area contributed by atoms with Crippen molar-refractivity contribution in [3.8, 4) is 0 Å². The highest BCUT2D eigenvalue weighted by Gasteiger charge is 2.09. The lowest BCUT2D eigenvalue weighted by Gasteiger charge is -2.14. The molecule has 0 saturated heterocycles. The van der Waals surface area contributed by atoms with Crippen molar-refractivity contribution < 1.29 is 9.53 Å². The van der Waals surface area contributed by atoms with Gasteiger partial charge in [0.25, 0.3) is 0 Å². The zero-order chi connectivity index (χ0) is 13.4. The third-order valence-electron chi connectivity index (χ3n) is 2.62. The highest BCUT2D eigenvalue weighted by molar-refractivity contribution is 5.76. The summed E-state index contributed by atoms with van der Waals surface area (Å²) in [5.74, 6) is 0.00787. The minimum atomic E-state index is 0.00787. The highest BCUT2D eigenvalue weighted by atomic mass is 16.5. The Balaban J connectivity index is 2.46. The topological polar surface area (TPSA) is 55.3 Å². The Bertz CT molecular complexity index is 363. The first kappa shape index (κ1) is 14.7. The van der Waals surface area contributed by atoms with Gasteiger partial charge in [0.2, 0.25) is 5.91 Å². The molecule has 0 bridgehead atoms. The van der Waals surface area contributed by atoms with Gasteiger partial charge in [0.1, 0.15) is 6.54 Å². The molecule has 1 aromatic rings. The van der Waals surface area contributed by atoms with E-state index in [1.807, 2.05) is 29.8 Å². The molecule has 1 amide bonds. The molecule has 1 aromatic heterocycles. The number of carbonyl (C=O) groups excluding carboxylic acids is 1. The molecular weight excluding hydrogens is 230 g/mol. The lowest BCUT2D eigenvalue weighted by molar-refractivity contribution is -0.122. The van der Waals surface area contributed by atoms with Crippen LogP contribution in [0, 0.1) is 0 Å². The first-order chi connectivity index (χ1) is 8.67. The molecule has 0 fully saturated rings. The van der Waals surface area contributed by atoms with Crippen LogP contribution in [-0.4, -0.2) is 36.8 Å². The number of aromatic nitrogens is 1. The highest BCUT2D eigenvalue weighted by Crippen LogP contribution is 2.02. The zero-order valence-corrected chi connectivity index (χ0v) is 11.4. The van der Waals surface area contributed by atoms with Crippen molar-refractivity contribution in [1.82, 2.24) is 15.2 Å². The van der Waals surface area contributed by atoms with Crippen LogP contribution < -0.4 is 10.6 Å². The minimum absolute atomic E-state index is 0.00787. The Morgan fingerprint density at radius 3 is 3.00 bits per heavy atom. The van der Waals surface area contributed by atoms with Crippen LogP contribution >= 0.6 is 0 Å². The molecule has 0 aromatic carbocycles. The van der Waals surface area contributed by atoms with Gasteiger partial charge in [0.15, 0.2) is 0 Å². The summed E-state index contributed by atoms with van der Waals surface area (Å²) in [4.78, 5) is 11.8. The number of methoxy groups -OCH3 is 1. The summed E-state index contributed by atoms with van der Waals surface area (Å²) in [7, 11) is 1.63. The second-order valence-corrected chi connectivity index (χ2v) is 4.33. The van der Waals surface area contributed by atoms with Crippen LogP contribution in [-0.2, 0) is 22.6 Å². The van der Waals surface area contributed by atoms with Gasteiger partial charge in [-0.2, -0.15) is 0 Å². The van der Waals surface area contributed by atoms with Gasteiger partial charge >= 0.3 is 0 Å². The van der Waals surface area contributed by atoms with Crippen LogP contribution in [0.15, 0.2) is 18.3 Å². The Kier molecular flexibility index (Phi) is 6.46. The van der Waals surface area contributed by atoms with E-state index in [2.05, 4.69) is 17.6 Å². The monoisotopic (exact) mass is 253 g/mol. The zero-order valence-electron chi connectivity index (χ0n) is 11.4. The predicted molar refractivity (Wildman–Crippen MR) is 71.3 cm³/mol. The normalized spacial score (nSPS) is 12.4. The molecule has 0 spiro atoms. The maximum atomic E-state index is 11.8. The lowest BCUT2D eigenvalue weighted by atomic mass is 10.3. The third-order valence-corrected chi connectivity index (χ3v) is 2.62. The quantitative estimate of drug-likeness (QED) is 0.719. The summed E-state index contributed by atoms with van der Waals surface area (Å²) < 4.78 is 6.94. The molecular formula is C13H23N3O2. The predicted octanol–water partition coefficient (Wildman–Crippen LogP) is 0.749. The van der Waals surface area contributed by atoms with E-state index in [1.165, 1.54) is 0 Å². The van der Waals surface area contributed by atoms with Crippen LogP contribution in [0.2, 0.25) is 0 Å². The summed E-state index contributed by atoms with van der Waals surface area (Å²) in [5.41, 5.74) is 1.12. The van der Waals surface area contributed by atoms with E-state index >= 15 is 0 Å². The smallest absolute Gasteiger partial charge is 0.240 e. The second-order valence-electron chi connectivity index (χ2n) is 4.33.